The Morgan fingerprint density at radius 2 is 1.77 bits per heavy atom. The Morgan fingerprint density at radius 1 is 1.12 bits per heavy atom. The van der Waals surface area contributed by atoms with Gasteiger partial charge in [0.15, 0.2) is 0 Å². The van der Waals surface area contributed by atoms with E-state index < -0.39 is 11.1 Å². The van der Waals surface area contributed by atoms with Gasteiger partial charge in [-0.25, -0.2) is 4.79 Å². The van der Waals surface area contributed by atoms with E-state index >= 15 is 0 Å². The van der Waals surface area contributed by atoms with Crippen molar-refractivity contribution in [2.45, 2.75) is 91.1 Å². The lowest BCUT2D eigenvalue weighted by atomic mass is 9.67. The van der Waals surface area contributed by atoms with Crippen LogP contribution in [0, 0.1) is 27.6 Å². The van der Waals surface area contributed by atoms with Gasteiger partial charge in [0.1, 0.15) is 5.54 Å². The first-order chi connectivity index (χ1) is 11.9. The van der Waals surface area contributed by atoms with Crippen LogP contribution in [0.15, 0.2) is 5.18 Å². The molecule has 0 aromatic rings. The van der Waals surface area contributed by atoms with E-state index in [1.807, 2.05) is 27.7 Å². The molecule has 0 aromatic carbocycles. The summed E-state index contributed by atoms with van der Waals surface area (Å²) in [5.41, 5.74) is -1.56. The van der Waals surface area contributed by atoms with Crippen molar-refractivity contribution in [3.8, 4) is 0 Å². The molecule has 0 spiro atoms. The minimum absolute atomic E-state index is 0.0229. The maximum absolute atomic E-state index is 12.7. The molecule has 0 N–H and O–H groups in total. The van der Waals surface area contributed by atoms with E-state index in [9.17, 15) is 14.5 Å². The monoisotopic (exact) mass is 364 g/mol. The lowest BCUT2D eigenvalue weighted by Crippen LogP contribution is -2.61. The molecule has 0 aromatic heterocycles. The van der Waals surface area contributed by atoms with Gasteiger partial charge in [-0.1, -0.05) is 32.9 Å². The average Bonchev–Trinajstić information content (AvgIpc) is 2.84. The Kier molecular flexibility index (Phi) is 4.28. The van der Waals surface area contributed by atoms with Crippen molar-refractivity contribution in [1.29, 1.82) is 0 Å². The molecule has 146 valence electrons. The van der Waals surface area contributed by atoms with Gasteiger partial charge < -0.3 is 4.84 Å². The van der Waals surface area contributed by atoms with E-state index in [1.165, 1.54) is 5.06 Å². The fourth-order valence-electron chi connectivity index (χ4n) is 5.46. The largest absolute Gasteiger partial charge is 0.338 e. The molecule has 2 unspecified atom stereocenters. The van der Waals surface area contributed by atoms with Gasteiger partial charge in [0.25, 0.3) is 5.91 Å². The van der Waals surface area contributed by atoms with E-state index in [4.69, 9.17) is 4.84 Å². The molecular weight excluding hydrogens is 332 g/mol. The molecular formula is C20H32N2O4. The highest BCUT2D eigenvalue weighted by atomic mass is 16.7. The minimum Gasteiger partial charge on any atom is -0.338 e. The van der Waals surface area contributed by atoms with Crippen molar-refractivity contribution in [3.63, 3.8) is 0 Å². The summed E-state index contributed by atoms with van der Waals surface area (Å²) in [5, 5.41) is 4.72. The van der Waals surface area contributed by atoms with Crippen molar-refractivity contribution < 1.29 is 14.4 Å². The number of piperidine rings is 1. The number of carbonyl (C=O) groups excluding carboxylic acids is 2. The summed E-state index contributed by atoms with van der Waals surface area (Å²) in [5.74, 6) is -0.0977. The number of carbonyl (C=O) groups is 2. The van der Waals surface area contributed by atoms with Crippen molar-refractivity contribution in [2.75, 3.05) is 0 Å². The van der Waals surface area contributed by atoms with Gasteiger partial charge in [-0.2, -0.15) is 9.97 Å². The molecule has 4 atom stereocenters. The Morgan fingerprint density at radius 3 is 2.35 bits per heavy atom. The maximum Gasteiger partial charge on any atom is 0.332 e. The number of nitrogens with zero attached hydrogens (tertiary/aromatic N) is 2. The van der Waals surface area contributed by atoms with Crippen LogP contribution in [0.1, 0.15) is 80.1 Å². The third-order valence-corrected chi connectivity index (χ3v) is 8.68. The number of hydrogen-bond acceptors (Lipinski definition) is 5. The third-order valence-electron chi connectivity index (χ3n) is 8.68. The molecule has 3 aliphatic rings. The highest BCUT2D eigenvalue weighted by Gasteiger charge is 2.62. The van der Waals surface area contributed by atoms with Gasteiger partial charge in [-0.3, -0.25) is 4.79 Å². The predicted molar refractivity (Wildman–Crippen MR) is 97.8 cm³/mol. The number of hydroxylamine groups is 2. The first-order valence-electron chi connectivity index (χ1n) is 9.77. The van der Waals surface area contributed by atoms with Crippen molar-refractivity contribution in [2.24, 2.45) is 27.8 Å². The van der Waals surface area contributed by atoms with Gasteiger partial charge in [-0.05, 0) is 62.2 Å². The summed E-state index contributed by atoms with van der Waals surface area (Å²) in [6.07, 6.45) is 3.94. The van der Waals surface area contributed by atoms with Crippen LogP contribution in [-0.2, 0) is 14.4 Å². The zero-order chi connectivity index (χ0) is 19.5. The number of amides is 1. The van der Waals surface area contributed by atoms with E-state index in [2.05, 4.69) is 19.0 Å². The summed E-state index contributed by atoms with van der Waals surface area (Å²) < 4.78 is 0. The van der Waals surface area contributed by atoms with Crippen molar-refractivity contribution in [1.82, 2.24) is 5.06 Å². The Balaban J connectivity index is 1.73. The molecule has 2 aliphatic carbocycles. The van der Waals surface area contributed by atoms with E-state index in [0.29, 0.717) is 18.8 Å². The number of fused-ring (bicyclic) bond motifs is 2. The Hall–Kier alpha value is -1.46. The average molecular weight is 364 g/mol. The lowest BCUT2D eigenvalue weighted by Gasteiger charge is -2.50. The first-order valence-corrected chi connectivity index (χ1v) is 9.77. The third kappa shape index (κ3) is 2.43. The van der Waals surface area contributed by atoms with Crippen LogP contribution < -0.4 is 0 Å². The topological polar surface area (TPSA) is 76.0 Å². The number of nitroso groups, excluding NO2 is 1. The van der Waals surface area contributed by atoms with E-state index in [1.54, 1.807) is 0 Å². The molecule has 2 saturated carbocycles. The van der Waals surface area contributed by atoms with Gasteiger partial charge in [0, 0.05) is 6.42 Å². The molecule has 1 amide bonds. The zero-order valence-corrected chi connectivity index (χ0v) is 16.9. The Labute approximate surface area is 156 Å². The second-order valence-electron chi connectivity index (χ2n) is 10.1. The molecule has 6 nitrogen and oxygen atoms in total. The second-order valence-corrected chi connectivity index (χ2v) is 10.1. The standard InChI is InChI=1S/C20H32N2O4/c1-17(2)14(7-9-19(17,5)21-25)12-16(24)26-22-15(23)11-13-8-10-20(22,6)18(13,3)4/h13-14H,7-12H2,1-6H3/t13-,14?,19?,20-/m0/s1. The molecule has 1 heterocycles. The molecule has 2 bridgehead atoms. The van der Waals surface area contributed by atoms with E-state index in [-0.39, 0.29) is 35.0 Å². The normalized spacial score (nSPS) is 40.5. The van der Waals surface area contributed by atoms with Crippen LogP contribution in [0.25, 0.3) is 0 Å². The summed E-state index contributed by atoms with van der Waals surface area (Å²) in [4.78, 5) is 42.3. The number of hydrogen-bond donors (Lipinski definition) is 0. The van der Waals surface area contributed by atoms with Crippen LogP contribution in [0.4, 0.5) is 0 Å². The lowest BCUT2D eigenvalue weighted by molar-refractivity contribution is -0.243. The molecule has 3 rings (SSSR count). The van der Waals surface area contributed by atoms with Crippen LogP contribution in [0.5, 0.6) is 0 Å². The van der Waals surface area contributed by atoms with Gasteiger partial charge >= 0.3 is 5.97 Å². The smallest absolute Gasteiger partial charge is 0.332 e. The van der Waals surface area contributed by atoms with Crippen LogP contribution in [0.2, 0.25) is 0 Å². The molecule has 26 heavy (non-hydrogen) atoms. The minimum atomic E-state index is -0.661. The summed E-state index contributed by atoms with van der Waals surface area (Å²) in [6.45, 7) is 12.2. The van der Waals surface area contributed by atoms with Crippen molar-refractivity contribution in [3.05, 3.63) is 4.91 Å². The predicted octanol–water partition coefficient (Wildman–Crippen LogP) is 4.22. The number of rotatable bonds is 4. The summed E-state index contributed by atoms with van der Waals surface area (Å²) in [7, 11) is 0. The van der Waals surface area contributed by atoms with Gasteiger partial charge in [-0.15, -0.1) is 0 Å². The second kappa shape index (κ2) is 5.77. The summed E-state index contributed by atoms with van der Waals surface area (Å²) in [6, 6.07) is 0. The Bertz CT molecular complexity index is 644. The van der Waals surface area contributed by atoms with Crippen LogP contribution in [-0.4, -0.2) is 28.0 Å². The maximum atomic E-state index is 12.7. The highest BCUT2D eigenvalue weighted by Crippen LogP contribution is 2.58. The fourth-order valence-corrected chi connectivity index (χ4v) is 5.46. The molecule has 1 saturated heterocycles. The van der Waals surface area contributed by atoms with Gasteiger partial charge in [0.2, 0.25) is 0 Å². The molecule has 6 heteroatoms. The molecule has 3 fully saturated rings. The van der Waals surface area contributed by atoms with Crippen molar-refractivity contribution >= 4 is 11.9 Å². The fraction of sp³-hybridized carbons (Fsp3) is 0.900. The quantitative estimate of drug-likeness (QED) is 0.700. The van der Waals surface area contributed by atoms with E-state index in [0.717, 1.165) is 19.3 Å². The van der Waals surface area contributed by atoms with Gasteiger partial charge in [0.05, 0.1) is 12.0 Å². The molecule has 1 aliphatic heterocycles. The first kappa shape index (κ1) is 19.3. The SMILES string of the molecule is CC1(N=O)CCC(CC(=O)ON2C(=O)C[C@@H]3CC[C@@]2(C)C3(C)C)C1(C)C. The molecule has 0 radical (unpaired) electrons. The zero-order valence-electron chi connectivity index (χ0n) is 16.9. The highest BCUT2D eigenvalue weighted by molar-refractivity contribution is 5.80. The van der Waals surface area contributed by atoms with Crippen LogP contribution >= 0.6 is 0 Å². The summed E-state index contributed by atoms with van der Waals surface area (Å²) >= 11 is 0. The van der Waals surface area contributed by atoms with Crippen LogP contribution in [0.3, 0.4) is 0 Å².